The SMILES string of the molecule is COc1cccc(C(=O)OCC(=O)Nc2ccc(F)cc2)c1OC. The number of rotatable bonds is 6. The fourth-order valence-electron chi connectivity index (χ4n) is 1.99. The first kappa shape index (κ1) is 17.3. The molecule has 0 unspecified atom stereocenters. The van der Waals surface area contributed by atoms with Gasteiger partial charge in [0.05, 0.1) is 14.2 Å². The number of hydrogen-bond donors (Lipinski definition) is 1. The Bertz CT molecular complexity index is 730. The molecular weight excluding hydrogens is 317 g/mol. The zero-order valence-corrected chi connectivity index (χ0v) is 13.2. The summed E-state index contributed by atoms with van der Waals surface area (Å²) in [5, 5.41) is 2.49. The number of esters is 1. The Morgan fingerprint density at radius 2 is 1.75 bits per heavy atom. The quantitative estimate of drug-likeness (QED) is 0.823. The molecule has 0 aliphatic carbocycles. The molecule has 24 heavy (non-hydrogen) atoms. The Balaban J connectivity index is 1.98. The van der Waals surface area contributed by atoms with Crippen LogP contribution in [0.1, 0.15) is 10.4 Å². The van der Waals surface area contributed by atoms with E-state index in [-0.39, 0.29) is 11.3 Å². The third-order valence-corrected chi connectivity index (χ3v) is 3.09. The van der Waals surface area contributed by atoms with Crippen LogP contribution >= 0.6 is 0 Å². The lowest BCUT2D eigenvalue weighted by Crippen LogP contribution is -2.21. The molecule has 1 amide bonds. The number of halogens is 1. The van der Waals surface area contributed by atoms with Crippen LogP contribution in [0.2, 0.25) is 0 Å². The maximum atomic E-state index is 12.8. The molecule has 7 heteroatoms. The van der Waals surface area contributed by atoms with Crippen LogP contribution in [-0.4, -0.2) is 32.7 Å². The number of methoxy groups -OCH3 is 2. The molecule has 0 saturated carbocycles. The van der Waals surface area contributed by atoms with Crippen molar-refractivity contribution >= 4 is 17.6 Å². The van der Waals surface area contributed by atoms with Crippen LogP contribution in [0.25, 0.3) is 0 Å². The van der Waals surface area contributed by atoms with Gasteiger partial charge in [-0.15, -0.1) is 0 Å². The third-order valence-electron chi connectivity index (χ3n) is 3.09. The van der Waals surface area contributed by atoms with Crippen LogP contribution in [0.3, 0.4) is 0 Å². The smallest absolute Gasteiger partial charge is 0.342 e. The monoisotopic (exact) mass is 333 g/mol. The van der Waals surface area contributed by atoms with Gasteiger partial charge in [0.2, 0.25) is 0 Å². The lowest BCUT2D eigenvalue weighted by Gasteiger charge is -2.12. The number of anilines is 1. The molecule has 6 nitrogen and oxygen atoms in total. The van der Waals surface area contributed by atoms with Crippen molar-refractivity contribution in [3.8, 4) is 11.5 Å². The first-order valence-electron chi connectivity index (χ1n) is 6.98. The maximum absolute atomic E-state index is 12.8. The summed E-state index contributed by atoms with van der Waals surface area (Å²) >= 11 is 0. The number of carbonyl (C=O) groups excluding carboxylic acids is 2. The van der Waals surface area contributed by atoms with E-state index in [1.165, 1.54) is 44.6 Å². The van der Waals surface area contributed by atoms with Crippen molar-refractivity contribution in [2.75, 3.05) is 26.1 Å². The molecule has 0 spiro atoms. The molecule has 2 aromatic carbocycles. The van der Waals surface area contributed by atoms with Crippen molar-refractivity contribution in [2.45, 2.75) is 0 Å². The second-order valence-corrected chi connectivity index (χ2v) is 4.67. The van der Waals surface area contributed by atoms with E-state index in [4.69, 9.17) is 14.2 Å². The molecule has 2 aromatic rings. The van der Waals surface area contributed by atoms with Gasteiger partial charge >= 0.3 is 5.97 Å². The van der Waals surface area contributed by atoms with E-state index in [0.29, 0.717) is 11.4 Å². The Morgan fingerprint density at radius 1 is 1.04 bits per heavy atom. The molecule has 2 rings (SSSR count). The maximum Gasteiger partial charge on any atom is 0.342 e. The van der Waals surface area contributed by atoms with E-state index >= 15 is 0 Å². The highest BCUT2D eigenvalue weighted by Crippen LogP contribution is 2.31. The van der Waals surface area contributed by atoms with Crippen LogP contribution in [0.5, 0.6) is 11.5 Å². The summed E-state index contributed by atoms with van der Waals surface area (Å²) in [6.45, 7) is -0.490. The topological polar surface area (TPSA) is 73.9 Å². The van der Waals surface area contributed by atoms with Crippen LogP contribution in [0.15, 0.2) is 42.5 Å². The number of benzene rings is 2. The Hall–Kier alpha value is -3.09. The molecule has 0 fully saturated rings. The van der Waals surface area contributed by atoms with Crippen molar-refractivity contribution < 1.29 is 28.2 Å². The molecule has 0 bridgehead atoms. The highest BCUT2D eigenvalue weighted by Gasteiger charge is 2.18. The van der Waals surface area contributed by atoms with Crippen molar-refractivity contribution in [3.05, 3.63) is 53.8 Å². The summed E-state index contributed by atoms with van der Waals surface area (Å²) in [6.07, 6.45) is 0. The number of nitrogens with one attached hydrogen (secondary N) is 1. The van der Waals surface area contributed by atoms with Gasteiger partial charge < -0.3 is 19.5 Å². The molecule has 0 aliphatic rings. The predicted molar refractivity (Wildman–Crippen MR) is 84.9 cm³/mol. The van der Waals surface area contributed by atoms with Gasteiger partial charge in [0, 0.05) is 5.69 Å². The molecular formula is C17H16FNO5. The molecule has 0 saturated heterocycles. The van der Waals surface area contributed by atoms with Crippen molar-refractivity contribution in [1.82, 2.24) is 0 Å². The normalized spacial score (nSPS) is 9.96. The van der Waals surface area contributed by atoms with Crippen molar-refractivity contribution in [3.63, 3.8) is 0 Å². The summed E-state index contributed by atoms with van der Waals surface area (Å²) in [5.41, 5.74) is 0.544. The van der Waals surface area contributed by atoms with E-state index in [2.05, 4.69) is 5.32 Å². The van der Waals surface area contributed by atoms with Crippen LogP contribution < -0.4 is 14.8 Å². The molecule has 0 aliphatic heterocycles. The van der Waals surface area contributed by atoms with Gasteiger partial charge in [-0.3, -0.25) is 4.79 Å². The Labute approximate surface area is 138 Å². The van der Waals surface area contributed by atoms with Gasteiger partial charge in [-0.05, 0) is 36.4 Å². The first-order valence-corrected chi connectivity index (χ1v) is 6.98. The van der Waals surface area contributed by atoms with Gasteiger partial charge in [-0.2, -0.15) is 0 Å². The van der Waals surface area contributed by atoms with Crippen molar-refractivity contribution in [2.24, 2.45) is 0 Å². The zero-order valence-electron chi connectivity index (χ0n) is 13.2. The largest absolute Gasteiger partial charge is 0.493 e. The molecule has 0 heterocycles. The Kier molecular flexibility index (Phi) is 5.73. The lowest BCUT2D eigenvalue weighted by molar-refractivity contribution is -0.119. The van der Waals surface area contributed by atoms with Crippen LogP contribution in [0.4, 0.5) is 10.1 Å². The van der Waals surface area contributed by atoms with Gasteiger partial charge in [0.15, 0.2) is 18.1 Å². The summed E-state index contributed by atoms with van der Waals surface area (Å²) in [5.74, 6) is -1.08. The van der Waals surface area contributed by atoms with E-state index in [1.807, 2.05) is 0 Å². The van der Waals surface area contributed by atoms with E-state index < -0.39 is 24.3 Å². The molecule has 126 valence electrons. The van der Waals surface area contributed by atoms with Crippen LogP contribution in [-0.2, 0) is 9.53 Å². The van der Waals surface area contributed by atoms with E-state index in [9.17, 15) is 14.0 Å². The predicted octanol–water partition coefficient (Wildman–Crippen LogP) is 2.64. The summed E-state index contributed by atoms with van der Waals surface area (Å²) in [4.78, 5) is 23.9. The first-order chi connectivity index (χ1) is 11.5. The number of amides is 1. The fraction of sp³-hybridized carbons (Fsp3) is 0.176. The average Bonchev–Trinajstić information content (AvgIpc) is 2.60. The minimum atomic E-state index is -0.722. The summed E-state index contributed by atoms with van der Waals surface area (Å²) in [6, 6.07) is 9.97. The zero-order chi connectivity index (χ0) is 17.5. The second-order valence-electron chi connectivity index (χ2n) is 4.67. The van der Waals surface area contributed by atoms with E-state index in [0.717, 1.165) is 0 Å². The lowest BCUT2D eigenvalue weighted by atomic mass is 10.2. The van der Waals surface area contributed by atoms with Crippen molar-refractivity contribution in [1.29, 1.82) is 0 Å². The minimum Gasteiger partial charge on any atom is -0.493 e. The third kappa shape index (κ3) is 4.22. The molecule has 0 atom stereocenters. The molecule has 0 aromatic heterocycles. The number of para-hydroxylation sites is 1. The molecule has 1 N–H and O–H groups in total. The molecule has 0 radical (unpaired) electrons. The summed E-state index contributed by atoms with van der Waals surface area (Å²) < 4.78 is 28.0. The number of carbonyl (C=O) groups is 2. The minimum absolute atomic E-state index is 0.145. The van der Waals surface area contributed by atoms with Gasteiger partial charge in [0.25, 0.3) is 5.91 Å². The standard InChI is InChI=1S/C17H16FNO5/c1-22-14-5-3-4-13(16(14)23-2)17(21)24-10-15(20)19-12-8-6-11(18)7-9-12/h3-9H,10H2,1-2H3,(H,19,20). The average molecular weight is 333 g/mol. The Morgan fingerprint density at radius 3 is 2.38 bits per heavy atom. The fourth-order valence-corrected chi connectivity index (χ4v) is 1.99. The highest BCUT2D eigenvalue weighted by molar-refractivity contribution is 5.97. The van der Waals surface area contributed by atoms with Gasteiger partial charge in [-0.25, -0.2) is 9.18 Å². The second kappa shape index (κ2) is 7.96. The van der Waals surface area contributed by atoms with Gasteiger partial charge in [-0.1, -0.05) is 6.07 Å². The van der Waals surface area contributed by atoms with Crippen LogP contribution in [0, 0.1) is 5.82 Å². The highest BCUT2D eigenvalue weighted by atomic mass is 19.1. The van der Waals surface area contributed by atoms with E-state index in [1.54, 1.807) is 12.1 Å². The summed E-state index contributed by atoms with van der Waals surface area (Å²) in [7, 11) is 2.85. The number of ether oxygens (including phenoxy) is 3. The van der Waals surface area contributed by atoms with Gasteiger partial charge in [0.1, 0.15) is 11.4 Å². The number of hydrogen-bond acceptors (Lipinski definition) is 5.